The van der Waals surface area contributed by atoms with E-state index in [1.165, 1.54) is 5.56 Å². The molecule has 1 unspecified atom stereocenters. The van der Waals surface area contributed by atoms with E-state index in [-0.39, 0.29) is 6.04 Å². The molecule has 0 bridgehead atoms. The number of aromatic nitrogens is 1. The molecule has 1 aliphatic rings. The summed E-state index contributed by atoms with van der Waals surface area (Å²) in [6.45, 7) is 0.808. The molecular weight excluding hydrogens is 236 g/mol. The molecule has 1 aliphatic heterocycles. The Morgan fingerprint density at radius 1 is 1.26 bits per heavy atom. The molecule has 2 heterocycles. The molecule has 0 aliphatic carbocycles. The number of nitrogens with one attached hydrogen (secondary N) is 1. The van der Waals surface area contributed by atoms with Crippen LogP contribution in [0.2, 0.25) is 0 Å². The first-order chi connectivity index (χ1) is 9.40. The lowest BCUT2D eigenvalue weighted by atomic mass is 10.00. The van der Waals surface area contributed by atoms with E-state index in [1.54, 1.807) is 0 Å². The molecule has 0 amide bonds. The van der Waals surface area contributed by atoms with Crippen molar-refractivity contribution in [3.63, 3.8) is 0 Å². The largest absolute Gasteiger partial charge is 0.496 e. The molecule has 1 aromatic carbocycles. The smallest absolute Gasteiger partial charge is 0.113 e. The minimum absolute atomic E-state index is 0.0823. The van der Waals surface area contributed by atoms with E-state index in [9.17, 15) is 0 Å². The summed E-state index contributed by atoms with van der Waals surface area (Å²) in [5.41, 5.74) is 2.22. The Morgan fingerprint density at radius 3 is 2.95 bits per heavy atom. The van der Waals surface area contributed by atoms with E-state index in [1.807, 2.05) is 19.3 Å². The SMILES string of the molecule is CNC(C1=CCCCO1)c1cccc2cccnc12. The number of benzene rings is 1. The van der Waals surface area contributed by atoms with Crippen LogP contribution in [-0.2, 0) is 4.74 Å². The molecular formula is C16H18N2O. The summed E-state index contributed by atoms with van der Waals surface area (Å²) < 4.78 is 5.81. The zero-order chi connectivity index (χ0) is 13.1. The quantitative estimate of drug-likeness (QED) is 0.913. The first kappa shape index (κ1) is 12.2. The highest BCUT2D eigenvalue weighted by Crippen LogP contribution is 2.29. The number of hydrogen-bond acceptors (Lipinski definition) is 3. The number of allylic oxidation sites excluding steroid dienone is 1. The monoisotopic (exact) mass is 254 g/mol. The standard InChI is InChI=1S/C16H18N2O/c1-17-16(14-9-2-3-11-19-14)13-8-4-6-12-7-5-10-18-15(12)13/h4-10,16-17H,2-3,11H2,1H3. The van der Waals surface area contributed by atoms with E-state index in [4.69, 9.17) is 4.74 Å². The van der Waals surface area contributed by atoms with Gasteiger partial charge in [0, 0.05) is 17.1 Å². The summed E-state index contributed by atoms with van der Waals surface area (Å²) in [5.74, 6) is 1.02. The van der Waals surface area contributed by atoms with Gasteiger partial charge < -0.3 is 10.1 Å². The summed E-state index contributed by atoms with van der Waals surface area (Å²) >= 11 is 0. The maximum absolute atomic E-state index is 5.81. The molecule has 2 aromatic rings. The molecule has 0 fully saturated rings. The fourth-order valence-corrected chi connectivity index (χ4v) is 2.59. The van der Waals surface area contributed by atoms with Crippen LogP contribution >= 0.6 is 0 Å². The lowest BCUT2D eigenvalue weighted by Crippen LogP contribution is -2.22. The molecule has 1 N–H and O–H groups in total. The molecule has 3 rings (SSSR count). The Balaban J connectivity index is 2.08. The molecule has 0 saturated heterocycles. The van der Waals surface area contributed by atoms with Crippen LogP contribution in [0, 0.1) is 0 Å². The maximum atomic E-state index is 5.81. The van der Waals surface area contributed by atoms with Gasteiger partial charge in [-0.3, -0.25) is 4.98 Å². The van der Waals surface area contributed by atoms with Gasteiger partial charge in [-0.25, -0.2) is 0 Å². The van der Waals surface area contributed by atoms with Crippen molar-refractivity contribution < 1.29 is 4.74 Å². The molecule has 1 aromatic heterocycles. The number of likely N-dealkylation sites (N-methyl/N-ethyl adjacent to an activating group) is 1. The lowest BCUT2D eigenvalue weighted by molar-refractivity contribution is 0.170. The van der Waals surface area contributed by atoms with E-state index in [0.717, 1.165) is 36.1 Å². The van der Waals surface area contributed by atoms with E-state index in [0.29, 0.717) is 0 Å². The van der Waals surface area contributed by atoms with Crippen LogP contribution in [0.25, 0.3) is 10.9 Å². The van der Waals surface area contributed by atoms with Crippen molar-refractivity contribution in [2.45, 2.75) is 18.9 Å². The van der Waals surface area contributed by atoms with Crippen LogP contribution in [0.4, 0.5) is 0 Å². The van der Waals surface area contributed by atoms with Crippen molar-refractivity contribution in [2.24, 2.45) is 0 Å². The van der Waals surface area contributed by atoms with Gasteiger partial charge in [0.05, 0.1) is 18.2 Å². The van der Waals surface area contributed by atoms with Gasteiger partial charge in [0.15, 0.2) is 0 Å². The van der Waals surface area contributed by atoms with Crippen molar-refractivity contribution in [1.29, 1.82) is 0 Å². The number of nitrogens with zero attached hydrogens (tertiary/aromatic N) is 1. The van der Waals surface area contributed by atoms with Gasteiger partial charge in [0.1, 0.15) is 5.76 Å². The summed E-state index contributed by atoms with van der Waals surface area (Å²) in [6, 6.07) is 10.4. The van der Waals surface area contributed by atoms with E-state index in [2.05, 4.69) is 40.6 Å². The third kappa shape index (κ3) is 2.34. The maximum Gasteiger partial charge on any atom is 0.113 e. The number of rotatable bonds is 3. The lowest BCUT2D eigenvalue weighted by Gasteiger charge is -2.24. The van der Waals surface area contributed by atoms with Gasteiger partial charge in [-0.05, 0) is 32.0 Å². The van der Waals surface area contributed by atoms with Crippen molar-refractivity contribution >= 4 is 10.9 Å². The predicted molar refractivity (Wildman–Crippen MR) is 76.8 cm³/mol. The topological polar surface area (TPSA) is 34.1 Å². The molecule has 19 heavy (non-hydrogen) atoms. The van der Waals surface area contributed by atoms with Crippen LogP contribution in [0.15, 0.2) is 48.4 Å². The van der Waals surface area contributed by atoms with Gasteiger partial charge in [0.25, 0.3) is 0 Å². The van der Waals surface area contributed by atoms with Gasteiger partial charge >= 0.3 is 0 Å². The molecule has 3 nitrogen and oxygen atoms in total. The Kier molecular flexibility index (Phi) is 3.47. The van der Waals surface area contributed by atoms with Crippen molar-refractivity contribution in [2.75, 3.05) is 13.7 Å². The van der Waals surface area contributed by atoms with Crippen molar-refractivity contribution in [3.8, 4) is 0 Å². The summed E-state index contributed by atoms with van der Waals surface area (Å²) in [5, 5.41) is 4.51. The Bertz CT molecular complexity index is 601. The van der Waals surface area contributed by atoms with Gasteiger partial charge in [0.2, 0.25) is 0 Å². The second-order valence-corrected chi connectivity index (χ2v) is 4.74. The minimum atomic E-state index is 0.0823. The Hall–Kier alpha value is -1.87. The van der Waals surface area contributed by atoms with E-state index >= 15 is 0 Å². The third-order valence-electron chi connectivity index (χ3n) is 3.51. The summed E-state index contributed by atoms with van der Waals surface area (Å²) in [6.07, 6.45) is 6.22. The van der Waals surface area contributed by atoms with Crippen LogP contribution in [0.3, 0.4) is 0 Å². The zero-order valence-corrected chi connectivity index (χ0v) is 11.1. The Morgan fingerprint density at radius 2 is 2.16 bits per heavy atom. The highest BCUT2D eigenvalue weighted by Gasteiger charge is 2.20. The Labute approximate surface area is 113 Å². The highest BCUT2D eigenvalue weighted by atomic mass is 16.5. The summed E-state index contributed by atoms with van der Waals surface area (Å²) in [7, 11) is 1.96. The van der Waals surface area contributed by atoms with Crippen LogP contribution in [0.5, 0.6) is 0 Å². The van der Waals surface area contributed by atoms with Gasteiger partial charge in [-0.15, -0.1) is 0 Å². The number of hydrogen-bond donors (Lipinski definition) is 1. The molecule has 1 atom stereocenters. The van der Waals surface area contributed by atoms with Gasteiger partial charge in [-0.1, -0.05) is 24.3 Å². The molecule has 0 saturated carbocycles. The number of ether oxygens (including phenoxy) is 1. The second kappa shape index (κ2) is 5.41. The average molecular weight is 254 g/mol. The fraction of sp³-hybridized carbons (Fsp3) is 0.312. The van der Waals surface area contributed by atoms with Gasteiger partial charge in [-0.2, -0.15) is 0 Å². The van der Waals surface area contributed by atoms with Crippen molar-refractivity contribution in [1.82, 2.24) is 10.3 Å². The molecule has 98 valence electrons. The predicted octanol–water partition coefficient (Wildman–Crippen LogP) is 3.19. The third-order valence-corrected chi connectivity index (χ3v) is 3.51. The average Bonchev–Trinajstić information content (AvgIpc) is 2.49. The fourth-order valence-electron chi connectivity index (χ4n) is 2.59. The molecule has 3 heteroatoms. The first-order valence-corrected chi connectivity index (χ1v) is 6.74. The first-order valence-electron chi connectivity index (χ1n) is 6.74. The number of para-hydroxylation sites is 1. The normalized spacial score (nSPS) is 16.8. The van der Waals surface area contributed by atoms with Crippen LogP contribution in [0.1, 0.15) is 24.4 Å². The van der Waals surface area contributed by atoms with Crippen LogP contribution < -0.4 is 5.32 Å². The van der Waals surface area contributed by atoms with E-state index < -0.39 is 0 Å². The number of fused-ring (bicyclic) bond motifs is 1. The summed E-state index contributed by atoms with van der Waals surface area (Å²) in [4.78, 5) is 4.52. The zero-order valence-electron chi connectivity index (χ0n) is 11.1. The molecule has 0 radical (unpaired) electrons. The highest BCUT2D eigenvalue weighted by molar-refractivity contribution is 5.82. The minimum Gasteiger partial charge on any atom is -0.496 e. The number of pyridine rings is 1. The second-order valence-electron chi connectivity index (χ2n) is 4.74. The molecule has 0 spiro atoms. The van der Waals surface area contributed by atoms with Crippen LogP contribution in [-0.4, -0.2) is 18.6 Å². The van der Waals surface area contributed by atoms with Crippen molar-refractivity contribution in [3.05, 3.63) is 53.9 Å².